The second kappa shape index (κ2) is 11.6. The van der Waals surface area contributed by atoms with Crippen LogP contribution in [0, 0.1) is 0 Å². The van der Waals surface area contributed by atoms with E-state index in [2.05, 4.69) is 6.58 Å². The molecule has 0 bridgehead atoms. The van der Waals surface area contributed by atoms with Crippen molar-refractivity contribution in [1.82, 2.24) is 0 Å². The summed E-state index contributed by atoms with van der Waals surface area (Å²) in [7, 11) is 0. The minimum Gasteiger partial charge on any atom is -0.462 e. The summed E-state index contributed by atoms with van der Waals surface area (Å²) in [4.78, 5) is 11.0. The Balaban J connectivity index is 3.08. The monoisotopic (exact) mass is 241 g/mol. The van der Waals surface area contributed by atoms with Gasteiger partial charge in [-0.2, -0.15) is 0 Å². The lowest BCUT2D eigenvalue weighted by Gasteiger charge is -2.04. The van der Waals surface area contributed by atoms with Crippen LogP contribution >= 0.6 is 0 Å². The molecule has 3 heteroatoms. The summed E-state index contributed by atoms with van der Waals surface area (Å²) in [6, 6.07) is 0. The van der Waals surface area contributed by atoms with Gasteiger partial charge in [-0.25, -0.2) is 9.90 Å². The summed E-state index contributed by atoms with van der Waals surface area (Å²) in [6.07, 6.45) is 8.70. The van der Waals surface area contributed by atoms with Gasteiger partial charge in [0.2, 0.25) is 0 Å². The van der Waals surface area contributed by atoms with E-state index in [0.717, 1.165) is 25.7 Å². The van der Waals surface area contributed by atoms with Crippen molar-refractivity contribution in [1.29, 1.82) is 0 Å². The smallest absolute Gasteiger partial charge is 0.333 e. The number of ether oxygens (including phenoxy) is 1. The number of esters is 1. The van der Waals surface area contributed by atoms with E-state index in [9.17, 15) is 9.90 Å². The van der Waals surface area contributed by atoms with Crippen LogP contribution in [0.1, 0.15) is 58.3 Å². The van der Waals surface area contributed by atoms with E-state index < -0.39 is 0 Å². The summed E-state index contributed by atoms with van der Waals surface area (Å²) in [5.74, 6) is -0.289. The number of hydrogen-bond donors (Lipinski definition) is 0. The first-order valence-corrected chi connectivity index (χ1v) is 6.59. The first-order chi connectivity index (χ1) is 8.18. The zero-order valence-electron chi connectivity index (χ0n) is 11.0. The standard InChI is InChI=1S/C14H25O3/c1-13(2)14(16)17-12-10-8-6-4-3-5-7-9-11-15/h1,3-12H2,2H3. The van der Waals surface area contributed by atoms with Crippen molar-refractivity contribution < 1.29 is 14.6 Å². The van der Waals surface area contributed by atoms with Gasteiger partial charge in [-0.1, -0.05) is 45.1 Å². The predicted octanol–water partition coefficient (Wildman–Crippen LogP) is 3.66. The highest BCUT2D eigenvalue weighted by Crippen LogP contribution is 2.08. The molecule has 0 amide bonds. The molecule has 0 aliphatic heterocycles. The third kappa shape index (κ3) is 11.4. The van der Waals surface area contributed by atoms with Gasteiger partial charge in [0, 0.05) is 5.57 Å². The number of unbranched alkanes of at least 4 members (excludes halogenated alkanes) is 7. The molecule has 0 aliphatic rings. The Labute approximate surface area is 105 Å². The van der Waals surface area contributed by atoms with Crippen LogP contribution in [-0.4, -0.2) is 19.2 Å². The van der Waals surface area contributed by atoms with Gasteiger partial charge >= 0.3 is 5.97 Å². The van der Waals surface area contributed by atoms with Crippen molar-refractivity contribution in [3.63, 3.8) is 0 Å². The first kappa shape index (κ1) is 16.2. The fourth-order valence-corrected chi connectivity index (χ4v) is 1.55. The van der Waals surface area contributed by atoms with Gasteiger partial charge in [-0.3, -0.25) is 0 Å². The molecule has 0 heterocycles. The van der Waals surface area contributed by atoms with Crippen LogP contribution in [0.4, 0.5) is 0 Å². The highest BCUT2D eigenvalue weighted by Gasteiger charge is 2.01. The van der Waals surface area contributed by atoms with Crippen molar-refractivity contribution >= 4 is 5.97 Å². The number of carbonyl (C=O) groups excluding carboxylic acids is 1. The lowest BCUT2D eigenvalue weighted by atomic mass is 10.1. The summed E-state index contributed by atoms with van der Waals surface area (Å²) in [6.45, 7) is 5.74. The molecule has 0 aliphatic carbocycles. The first-order valence-electron chi connectivity index (χ1n) is 6.59. The molecule has 0 unspecified atom stereocenters. The van der Waals surface area contributed by atoms with Crippen LogP contribution in [0.25, 0.3) is 0 Å². The summed E-state index contributed by atoms with van der Waals surface area (Å²) in [5, 5.41) is 10.2. The topological polar surface area (TPSA) is 46.2 Å². The zero-order valence-corrected chi connectivity index (χ0v) is 11.0. The van der Waals surface area contributed by atoms with Crippen molar-refractivity contribution in [2.24, 2.45) is 0 Å². The molecule has 0 rings (SSSR count). The molecule has 17 heavy (non-hydrogen) atoms. The number of hydrogen-bond acceptors (Lipinski definition) is 2. The maximum Gasteiger partial charge on any atom is 0.333 e. The second-order valence-corrected chi connectivity index (χ2v) is 4.45. The quantitative estimate of drug-likeness (QED) is 0.315. The van der Waals surface area contributed by atoms with E-state index in [4.69, 9.17) is 4.74 Å². The molecular weight excluding hydrogens is 216 g/mol. The molecule has 0 spiro atoms. The Morgan fingerprint density at radius 3 is 1.88 bits per heavy atom. The van der Waals surface area contributed by atoms with E-state index in [1.54, 1.807) is 6.92 Å². The van der Waals surface area contributed by atoms with E-state index >= 15 is 0 Å². The molecule has 99 valence electrons. The maximum atomic E-state index is 11.0. The average molecular weight is 241 g/mol. The largest absolute Gasteiger partial charge is 0.462 e. The molecule has 0 aromatic heterocycles. The fraction of sp³-hybridized carbons (Fsp3) is 0.786. The Bertz CT molecular complexity index is 212. The van der Waals surface area contributed by atoms with Gasteiger partial charge in [0.1, 0.15) is 0 Å². The highest BCUT2D eigenvalue weighted by atomic mass is 16.5. The highest BCUT2D eigenvalue weighted by molar-refractivity contribution is 5.86. The van der Waals surface area contributed by atoms with E-state index in [1.165, 1.54) is 25.7 Å². The Kier molecular flexibility index (Phi) is 11.1. The lowest BCUT2D eigenvalue weighted by Crippen LogP contribution is -2.05. The SMILES string of the molecule is C=C(C)C(=O)OCCCCCCCCCC[O]. The third-order valence-corrected chi connectivity index (χ3v) is 2.62. The maximum absolute atomic E-state index is 11.0. The molecule has 0 aromatic carbocycles. The van der Waals surface area contributed by atoms with Crippen LogP contribution in [0.5, 0.6) is 0 Å². The molecule has 1 radical (unpaired) electrons. The molecule has 0 N–H and O–H groups in total. The third-order valence-electron chi connectivity index (χ3n) is 2.62. The Morgan fingerprint density at radius 2 is 1.41 bits per heavy atom. The minimum atomic E-state index is -0.289. The minimum absolute atomic E-state index is 0.0636. The average Bonchev–Trinajstić information content (AvgIpc) is 2.31. The molecule has 0 saturated heterocycles. The summed E-state index contributed by atoms with van der Waals surface area (Å²) in [5.41, 5.74) is 0.461. The van der Waals surface area contributed by atoms with Gasteiger partial charge in [0.25, 0.3) is 0 Å². The normalized spacial score (nSPS) is 10.2. The number of rotatable bonds is 11. The molecule has 0 fully saturated rings. The predicted molar refractivity (Wildman–Crippen MR) is 68.3 cm³/mol. The van der Waals surface area contributed by atoms with Crippen LogP contribution in [0.2, 0.25) is 0 Å². The second-order valence-electron chi connectivity index (χ2n) is 4.45. The molecule has 3 nitrogen and oxygen atoms in total. The molecule has 0 atom stereocenters. The van der Waals surface area contributed by atoms with E-state index in [-0.39, 0.29) is 12.6 Å². The van der Waals surface area contributed by atoms with Gasteiger partial charge in [0.05, 0.1) is 13.2 Å². The van der Waals surface area contributed by atoms with Gasteiger partial charge in [0.15, 0.2) is 0 Å². The Hall–Kier alpha value is -0.830. The van der Waals surface area contributed by atoms with Gasteiger partial charge in [-0.15, -0.1) is 0 Å². The summed E-state index contributed by atoms with van der Waals surface area (Å²) < 4.78 is 4.99. The molecular formula is C14H25O3. The molecule has 0 aromatic rings. The van der Waals surface area contributed by atoms with E-state index in [0.29, 0.717) is 12.2 Å². The van der Waals surface area contributed by atoms with Gasteiger partial charge < -0.3 is 4.74 Å². The van der Waals surface area contributed by atoms with Crippen molar-refractivity contribution in [3.05, 3.63) is 12.2 Å². The molecule has 0 saturated carbocycles. The van der Waals surface area contributed by atoms with Crippen molar-refractivity contribution in [2.45, 2.75) is 58.3 Å². The lowest BCUT2D eigenvalue weighted by molar-refractivity contribution is -0.139. The fourth-order valence-electron chi connectivity index (χ4n) is 1.55. The van der Waals surface area contributed by atoms with Crippen LogP contribution in [0.3, 0.4) is 0 Å². The van der Waals surface area contributed by atoms with Crippen LogP contribution in [0.15, 0.2) is 12.2 Å². The Morgan fingerprint density at radius 1 is 0.941 bits per heavy atom. The number of carbonyl (C=O) groups is 1. The van der Waals surface area contributed by atoms with Crippen molar-refractivity contribution in [2.75, 3.05) is 13.2 Å². The summed E-state index contributed by atoms with van der Waals surface area (Å²) >= 11 is 0. The van der Waals surface area contributed by atoms with Gasteiger partial charge in [-0.05, 0) is 19.8 Å². The van der Waals surface area contributed by atoms with Crippen LogP contribution < -0.4 is 0 Å². The zero-order chi connectivity index (χ0) is 12.9. The van der Waals surface area contributed by atoms with Crippen LogP contribution in [-0.2, 0) is 14.6 Å². The van der Waals surface area contributed by atoms with E-state index in [1.807, 2.05) is 0 Å². The van der Waals surface area contributed by atoms with Crippen molar-refractivity contribution in [3.8, 4) is 0 Å².